The maximum atomic E-state index is 11.9. The van der Waals surface area contributed by atoms with E-state index in [0.29, 0.717) is 181 Å². The molecular formula is C91H150N6O22. The van der Waals surface area contributed by atoms with Gasteiger partial charge in [-0.25, -0.2) is 28.8 Å². The lowest BCUT2D eigenvalue weighted by Crippen LogP contribution is -2.43. The number of aliphatic hydroxyl groups is 2. The molecular weight excluding hydrogens is 1530 g/mol. The van der Waals surface area contributed by atoms with Gasteiger partial charge in [0, 0.05) is 62.1 Å². The molecule has 6 saturated carbocycles. The quantitative estimate of drug-likeness (QED) is 0.0121. The summed E-state index contributed by atoms with van der Waals surface area (Å²) >= 11 is 0. The lowest BCUT2D eigenvalue weighted by atomic mass is 9.95. The second-order valence-electron chi connectivity index (χ2n) is 35.0. The number of ether oxygens (including phenoxy) is 6. The summed E-state index contributed by atoms with van der Waals surface area (Å²) in [5.41, 5.74) is 9.43. The lowest BCUT2D eigenvalue weighted by Gasteiger charge is -2.22. The summed E-state index contributed by atoms with van der Waals surface area (Å²) in [6.45, 7) is 24.5. The molecule has 22 atom stereocenters. The van der Waals surface area contributed by atoms with E-state index >= 15 is 0 Å². The van der Waals surface area contributed by atoms with Gasteiger partial charge in [-0.15, -0.1) is 0 Å². The van der Waals surface area contributed by atoms with Gasteiger partial charge in [-0.1, -0.05) is 140 Å². The number of fused-ring (bicyclic) bond motifs is 12. The molecule has 0 saturated heterocycles. The Morgan fingerprint density at radius 2 is 0.681 bits per heavy atom. The fourth-order valence-electron chi connectivity index (χ4n) is 17.3. The first-order chi connectivity index (χ1) is 56.6. The summed E-state index contributed by atoms with van der Waals surface area (Å²) in [4.78, 5) is 114. The summed E-state index contributed by atoms with van der Waals surface area (Å²) in [5, 5.41) is 63.8. The molecule has 0 spiro atoms. The molecule has 0 aliphatic heterocycles. The van der Waals surface area contributed by atoms with E-state index in [9.17, 15) is 58.2 Å². The second-order valence-corrected chi connectivity index (χ2v) is 35.0. The predicted molar refractivity (Wildman–Crippen MR) is 455 cm³/mol. The van der Waals surface area contributed by atoms with E-state index in [1.165, 1.54) is 32.1 Å². The van der Waals surface area contributed by atoms with Crippen molar-refractivity contribution in [2.45, 2.75) is 317 Å². The average molecular weight is 1680 g/mol. The minimum atomic E-state index is -1.11. The van der Waals surface area contributed by atoms with Crippen LogP contribution in [0.25, 0.3) is 0 Å². The van der Waals surface area contributed by atoms with Crippen LogP contribution < -0.4 is 32.7 Å². The van der Waals surface area contributed by atoms with E-state index in [-0.39, 0.29) is 42.8 Å². The molecule has 676 valence electrons. The van der Waals surface area contributed by atoms with Crippen molar-refractivity contribution in [2.24, 2.45) is 100 Å². The Balaban J connectivity index is 0.000000307. The second kappa shape index (κ2) is 54.5. The van der Waals surface area contributed by atoms with Gasteiger partial charge in [-0.3, -0.25) is 19.2 Å². The Bertz CT molecular complexity index is 3290. The third-order valence-corrected chi connectivity index (χ3v) is 23.4. The van der Waals surface area contributed by atoms with Gasteiger partial charge >= 0.3 is 60.2 Å². The van der Waals surface area contributed by atoms with Crippen LogP contribution in [0.15, 0.2) is 72.9 Å². The number of allylic oxidation sites excluding steroid dienone is 9. The smallest absolute Gasteiger partial charge is 0.408 e. The van der Waals surface area contributed by atoms with Gasteiger partial charge in [0.15, 0.2) is 0 Å². The van der Waals surface area contributed by atoms with E-state index in [4.69, 9.17) is 60.3 Å². The number of aliphatic hydroxyl groups excluding tert-OH is 2. The molecule has 0 aromatic rings. The van der Waals surface area contributed by atoms with E-state index < -0.39 is 77.5 Å². The van der Waals surface area contributed by atoms with Crippen LogP contribution in [0, 0.1) is 88.8 Å². The van der Waals surface area contributed by atoms with Crippen LogP contribution in [-0.2, 0) is 57.2 Å². The molecule has 12 bridgehead atoms. The van der Waals surface area contributed by atoms with Gasteiger partial charge < -0.3 is 91.8 Å². The summed E-state index contributed by atoms with van der Waals surface area (Å²) in [6.07, 6.45) is 46.9. The van der Waals surface area contributed by atoms with Crippen molar-refractivity contribution in [3.05, 3.63) is 72.9 Å². The number of rotatable bonds is 35. The van der Waals surface area contributed by atoms with E-state index in [1.807, 2.05) is 41.5 Å². The zero-order valence-electron chi connectivity index (χ0n) is 73.3. The number of amides is 4. The predicted octanol–water partition coefficient (Wildman–Crippen LogP) is 15.1. The number of esters is 2. The molecule has 14 N–H and O–H groups in total. The maximum Gasteiger partial charge on any atom is 0.408 e. The number of hydrogen-bond acceptors (Lipinski definition) is 20. The number of unbranched alkanes of at least 4 members (excludes halogenated alkanes) is 6. The minimum absolute atomic E-state index is 0.00926. The standard InChI is InChI=1S/C20H32N2O6.C20H31NO6.C15H24N2O4.C15H23NO4.C8H12O.C7H10O.3C2H6/c1-20(2,3)28-19(26)22-16(17(23)24)6-4-5-9-21-18(25)27-12-15-11-13-7-8-14(15)10-13;1-20(2,3)27-19(25)21-15(18(23)24)7-5-4-6-8-17(22)26-16-12-13-9-10-14(16)11-13;16-13(14(18)19)3-1-2-6-17-15(20)21-9-12-8-10-4-5-11(12)7-10;16-12(15(18)19)4-2-1-3-5-14(17)20-13-9-10-6-7-11(13)8-10;9-5-8-4-6-1-2-7(8)3-6;8-7-4-5-1-2-6(7)3-5;3*1-2/h7-8,13-16H,4-6,9-12H2,1-3H3,(H,21,25)(H,22,26)(H,23,24);9-10,13-16H,4-8,11-12H2,1-3H3,(H,21,25)(H,23,24);4-5,10-13H,1-3,6-9,16H2,(H,17,20)(H,18,19);6-7,10-13H,1-5,8-9,16H2,(H,18,19);1-2,6-9H,3-5H2;1-2,5-8H,3-4H2;3*1-2H3/t13?,14?,15?,16-;13?,14?,15-,16?;10?,11?,12?,13-;10?,11?,12-,13?;;;;;/m0000...../s1. The van der Waals surface area contributed by atoms with E-state index in [2.05, 4.69) is 94.2 Å². The number of hydrogen-bond donors (Lipinski definition) is 12. The number of aliphatic carboxylic acids is 4. The Morgan fingerprint density at radius 3 is 0.941 bits per heavy atom. The van der Waals surface area contributed by atoms with Crippen molar-refractivity contribution in [3.63, 3.8) is 0 Å². The third-order valence-electron chi connectivity index (χ3n) is 23.4. The normalized spacial score (nSPS) is 27.9. The zero-order valence-corrected chi connectivity index (χ0v) is 73.3. The monoisotopic (exact) mass is 1680 g/mol. The largest absolute Gasteiger partial charge is 0.480 e. The van der Waals surface area contributed by atoms with Crippen LogP contribution in [0.5, 0.6) is 0 Å². The molecule has 12 rings (SSSR count). The Kier molecular flexibility index (Phi) is 47.4. The number of carboxylic acids is 4. The van der Waals surface area contributed by atoms with Crippen LogP contribution in [0.1, 0.15) is 263 Å². The van der Waals surface area contributed by atoms with Crippen molar-refractivity contribution in [3.8, 4) is 0 Å². The number of carboxylic acid groups (broad SMARTS) is 4. The molecule has 18 unspecified atom stereocenters. The SMILES string of the molecule is CC.CC.CC.CC(C)(C)OC(=O)N[C@@H](CCCCCC(=O)OC1CC2C=CC1C2)C(=O)O.CC(C)(C)OC(=O)N[C@@H](CCCCNC(=O)OCC1CC2C=CC1C2)C(=O)O.N[C@@H](CCCCCC(=O)OC1CC2C=CC1C2)C(=O)O.N[C@@H](CCCCNC(=O)OCC1CC2C=CC1C2)C(=O)O.OC1CC2C=CC1C2.OCC1CC2C=CC1C2. The van der Waals surface area contributed by atoms with Gasteiger partial charge in [-0.05, 0) is 242 Å². The highest BCUT2D eigenvalue weighted by atomic mass is 16.6. The highest BCUT2D eigenvalue weighted by molar-refractivity contribution is 5.81. The highest BCUT2D eigenvalue weighted by Gasteiger charge is 2.42. The summed E-state index contributed by atoms with van der Waals surface area (Å²) < 4.78 is 31.7. The molecule has 12 aliphatic rings. The number of nitrogens with one attached hydrogen (secondary N) is 4. The first-order valence-corrected chi connectivity index (χ1v) is 44.7. The topological polar surface area (TPSA) is 448 Å². The minimum Gasteiger partial charge on any atom is -0.480 e. The van der Waals surface area contributed by atoms with Crippen molar-refractivity contribution in [1.82, 2.24) is 21.3 Å². The van der Waals surface area contributed by atoms with Crippen molar-refractivity contribution in [2.75, 3.05) is 32.9 Å². The van der Waals surface area contributed by atoms with Crippen LogP contribution in [0.3, 0.4) is 0 Å². The van der Waals surface area contributed by atoms with Crippen molar-refractivity contribution < 1.29 is 107 Å². The molecule has 0 aromatic carbocycles. The first-order valence-electron chi connectivity index (χ1n) is 44.7. The zero-order chi connectivity index (χ0) is 88.4. The molecule has 28 nitrogen and oxygen atoms in total. The average Bonchev–Trinajstić information content (AvgIpc) is 1.71. The third kappa shape index (κ3) is 39.7. The van der Waals surface area contributed by atoms with Gasteiger partial charge in [0.2, 0.25) is 0 Å². The highest BCUT2D eigenvalue weighted by Crippen LogP contribution is 2.46. The fraction of sp³-hybridized carbons (Fsp3) is 0.758. The van der Waals surface area contributed by atoms with Gasteiger partial charge in [0.05, 0.1) is 19.3 Å². The van der Waals surface area contributed by atoms with Crippen LogP contribution in [-0.4, -0.2) is 177 Å². The Labute approximate surface area is 707 Å². The maximum absolute atomic E-state index is 11.9. The molecule has 6 fully saturated rings. The summed E-state index contributed by atoms with van der Waals surface area (Å²) in [7, 11) is 0. The van der Waals surface area contributed by atoms with Gasteiger partial charge in [0.25, 0.3) is 0 Å². The summed E-state index contributed by atoms with van der Waals surface area (Å²) in [5.74, 6) is 4.25. The molecule has 4 amide bonds. The number of alkyl carbamates (subject to hydrolysis) is 4. The molecule has 28 heteroatoms. The molecule has 12 aliphatic carbocycles. The van der Waals surface area contributed by atoms with Crippen molar-refractivity contribution in [1.29, 1.82) is 0 Å². The first kappa shape index (κ1) is 104. The van der Waals surface area contributed by atoms with Gasteiger partial charge in [-0.2, -0.15) is 0 Å². The van der Waals surface area contributed by atoms with E-state index in [0.717, 1.165) is 82.0 Å². The van der Waals surface area contributed by atoms with Gasteiger partial charge in [0.1, 0.15) is 47.6 Å². The number of carbonyl (C=O) groups excluding carboxylic acids is 6. The van der Waals surface area contributed by atoms with Crippen LogP contribution >= 0.6 is 0 Å². The number of carbonyl (C=O) groups is 10. The van der Waals surface area contributed by atoms with Crippen LogP contribution in [0.4, 0.5) is 19.2 Å². The Morgan fingerprint density at radius 1 is 0.370 bits per heavy atom. The fourth-order valence-corrected chi connectivity index (χ4v) is 17.3. The molecule has 0 heterocycles. The van der Waals surface area contributed by atoms with Crippen LogP contribution in [0.2, 0.25) is 0 Å². The Hall–Kier alpha value is -7.82. The van der Waals surface area contributed by atoms with Crippen molar-refractivity contribution >= 4 is 60.2 Å². The number of nitrogens with two attached hydrogens (primary N) is 2. The molecule has 0 aromatic heterocycles. The molecule has 0 radical (unpaired) electrons. The lowest BCUT2D eigenvalue weighted by molar-refractivity contribution is -0.151. The summed E-state index contributed by atoms with van der Waals surface area (Å²) in [6, 6.07) is -3.62. The van der Waals surface area contributed by atoms with E-state index in [1.54, 1.807) is 41.5 Å². The molecule has 119 heavy (non-hydrogen) atoms.